The molecule has 1 N–H and O–H groups in total. The molecule has 16 heavy (non-hydrogen) atoms. The molecule has 0 aliphatic carbocycles. The lowest BCUT2D eigenvalue weighted by atomic mass is 10.2. The Morgan fingerprint density at radius 2 is 2.00 bits per heavy atom. The molecule has 0 amide bonds. The number of nitrogens with zero attached hydrogens (tertiary/aromatic N) is 1. The van der Waals surface area contributed by atoms with Crippen molar-refractivity contribution >= 4 is 5.97 Å². The molecule has 0 aliphatic rings. The topological polar surface area (TPSA) is 49.8 Å². The summed E-state index contributed by atoms with van der Waals surface area (Å²) >= 11 is 0. The van der Waals surface area contributed by atoms with E-state index in [0.717, 1.165) is 13.2 Å². The van der Waals surface area contributed by atoms with Crippen molar-refractivity contribution in [1.82, 2.24) is 4.90 Å². The Labute approximate surface area is 98.6 Å². The summed E-state index contributed by atoms with van der Waals surface area (Å²) in [5, 5.41) is 8.60. The normalized spacial score (nSPS) is 13.4. The van der Waals surface area contributed by atoms with Gasteiger partial charge in [-0.05, 0) is 40.7 Å². The van der Waals surface area contributed by atoms with Crippen LogP contribution in [0.15, 0.2) is 0 Å². The molecule has 0 heterocycles. The summed E-state index contributed by atoms with van der Waals surface area (Å²) in [6, 6.07) is 0.762. The van der Waals surface area contributed by atoms with Gasteiger partial charge in [0.1, 0.15) is 0 Å². The molecule has 96 valence electrons. The highest BCUT2D eigenvalue weighted by atomic mass is 16.5. The van der Waals surface area contributed by atoms with E-state index in [1.165, 1.54) is 0 Å². The highest BCUT2D eigenvalue weighted by Crippen LogP contribution is 2.08. The fraction of sp³-hybridized carbons (Fsp3) is 0.917. The molecule has 0 radical (unpaired) electrons. The van der Waals surface area contributed by atoms with Crippen LogP contribution in [-0.4, -0.2) is 47.8 Å². The molecule has 1 unspecified atom stereocenters. The van der Waals surface area contributed by atoms with E-state index in [0.29, 0.717) is 25.1 Å². The minimum Gasteiger partial charge on any atom is -0.481 e. The maximum Gasteiger partial charge on any atom is 0.303 e. The molecule has 0 spiro atoms. The molecule has 0 saturated carbocycles. The zero-order chi connectivity index (χ0) is 12.6. The second-order valence-electron chi connectivity index (χ2n) is 4.34. The van der Waals surface area contributed by atoms with Gasteiger partial charge in [0.05, 0.1) is 6.61 Å². The maximum atomic E-state index is 10.4. The van der Waals surface area contributed by atoms with Crippen LogP contribution < -0.4 is 0 Å². The minimum absolute atomic E-state index is 0.241. The highest BCUT2D eigenvalue weighted by Gasteiger charge is 2.16. The highest BCUT2D eigenvalue weighted by molar-refractivity contribution is 5.66. The molecule has 0 fully saturated rings. The van der Waals surface area contributed by atoms with E-state index in [1.54, 1.807) is 0 Å². The van der Waals surface area contributed by atoms with E-state index in [1.807, 2.05) is 6.92 Å². The van der Waals surface area contributed by atoms with Gasteiger partial charge in [-0.1, -0.05) is 0 Å². The van der Waals surface area contributed by atoms with Crippen molar-refractivity contribution in [2.24, 2.45) is 0 Å². The van der Waals surface area contributed by atoms with Gasteiger partial charge in [0.25, 0.3) is 0 Å². The van der Waals surface area contributed by atoms with Crippen molar-refractivity contribution in [2.75, 3.05) is 19.8 Å². The second-order valence-corrected chi connectivity index (χ2v) is 4.34. The Morgan fingerprint density at radius 3 is 2.44 bits per heavy atom. The molecule has 0 aromatic heterocycles. The van der Waals surface area contributed by atoms with Gasteiger partial charge in [-0.15, -0.1) is 0 Å². The number of rotatable bonds is 9. The molecule has 0 saturated heterocycles. The minimum atomic E-state index is -0.721. The van der Waals surface area contributed by atoms with Crippen LogP contribution >= 0.6 is 0 Å². The van der Waals surface area contributed by atoms with Gasteiger partial charge in [0.2, 0.25) is 0 Å². The number of hydrogen-bond donors (Lipinski definition) is 1. The quantitative estimate of drug-likeness (QED) is 0.659. The molecule has 4 heteroatoms. The number of aliphatic carboxylic acids is 1. The van der Waals surface area contributed by atoms with Crippen molar-refractivity contribution in [3.63, 3.8) is 0 Å². The lowest BCUT2D eigenvalue weighted by molar-refractivity contribution is -0.137. The second kappa shape index (κ2) is 8.53. The van der Waals surface area contributed by atoms with Crippen molar-refractivity contribution < 1.29 is 14.6 Å². The summed E-state index contributed by atoms with van der Waals surface area (Å²) in [5.41, 5.74) is 0. The largest absolute Gasteiger partial charge is 0.481 e. The van der Waals surface area contributed by atoms with Crippen LogP contribution in [0, 0.1) is 0 Å². The van der Waals surface area contributed by atoms with Gasteiger partial charge in [0.15, 0.2) is 0 Å². The first-order chi connectivity index (χ1) is 7.49. The van der Waals surface area contributed by atoms with Gasteiger partial charge in [-0.3, -0.25) is 9.69 Å². The first kappa shape index (κ1) is 15.4. The monoisotopic (exact) mass is 231 g/mol. The zero-order valence-electron chi connectivity index (χ0n) is 10.9. The number of carboxylic acid groups (broad SMARTS) is 1. The fourth-order valence-electron chi connectivity index (χ4n) is 1.78. The van der Waals surface area contributed by atoms with Crippen LogP contribution in [0.5, 0.6) is 0 Å². The van der Waals surface area contributed by atoms with Crippen LogP contribution in [0.2, 0.25) is 0 Å². The smallest absolute Gasteiger partial charge is 0.303 e. The molecule has 0 aromatic carbocycles. The van der Waals surface area contributed by atoms with Crippen LogP contribution in [0.4, 0.5) is 0 Å². The summed E-state index contributed by atoms with van der Waals surface area (Å²) in [6.07, 6.45) is 0.939. The molecule has 0 bridgehead atoms. The van der Waals surface area contributed by atoms with Crippen LogP contribution in [0.3, 0.4) is 0 Å². The number of carboxylic acids is 1. The van der Waals surface area contributed by atoms with E-state index in [9.17, 15) is 4.79 Å². The summed E-state index contributed by atoms with van der Waals surface area (Å²) < 4.78 is 5.40. The average molecular weight is 231 g/mol. The Hall–Kier alpha value is -0.610. The first-order valence-corrected chi connectivity index (χ1v) is 6.04. The Balaban J connectivity index is 4.00. The number of ether oxygens (including phenoxy) is 1. The summed E-state index contributed by atoms with van der Waals surface area (Å²) in [5.74, 6) is -0.721. The first-order valence-electron chi connectivity index (χ1n) is 6.04. The van der Waals surface area contributed by atoms with Crippen molar-refractivity contribution in [3.05, 3.63) is 0 Å². The third-order valence-corrected chi connectivity index (χ3v) is 2.60. The Bertz CT molecular complexity index is 195. The standard InChI is InChI=1S/C12H25NO3/c1-5-16-9-11(4)13(10(2)3)8-6-7-12(14)15/h10-11H,5-9H2,1-4H3,(H,14,15). The maximum absolute atomic E-state index is 10.4. The van der Waals surface area contributed by atoms with Gasteiger partial charge in [-0.2, -0.15) is 0 Å². The van der Waals surface area contributed by atoms with Gasteiger partial charge < -0.3 is 9.84 Å². The molecular formula is C12H25NO3. The van der Waals surface area contributed by atoms with E-state index in [2.05, 4.69) is 25.7 Å². The predicted octanol–water partition coefficient (Wildman–Crippen LogP) is 1.99. The van der Waals surface area contributed by atoms with Crippen molar-refractivity contribution in [2.45, 2.75) is 52.6 Å². The van der Waals surface area contributed by atoms with Gasteiger partial charge in [-0.25, -0.2) is 0 Å². The summed E-state index contributed by atoms with van der Waals surface area (Å²) in [4.78, 5) is 12.7. The SMILES string of the molecule is CCOCC(C)N(CCCC(=O)O)C(C)C. The van der Waals surface area contributed by atoms with E-state index in [4.69, 9.17) is 9.84 Å². The van der Waals surface area contributed by atoms with Gasteiger partial charge >= 0.3 is 5.97 Å². The fourth-order valence-corrected chi connectivity index (χ4v) is 1.78. The summed E-state index contributed by atoms with van der Waals surface area (Å²) in [7, 11) is 0. The molecule has 1 atom stereocenters. The average Bonchev–Trinajstić information content (AvgIpc) is 2.20. The lowest BCUT2D eigenvalue weighted by Gasteiger charge is -2.32. The van der Waals surface area contributed by atoms with Gasteiger partial charge in [0, 0.05) is 25.1 Å². The number of hydrogen-bond acceptors (Lipinski definition) is 3. The third-order valence-electron chi connectivity index (χ3n) is 2.60. The third kappa shape index (κ3) is 6.80. The van der Waals surface area contributed by atoms with E-state index >= 15 is 0 Å². The van der Waals surface area contributed by atoms with Crippen LogP contribution in [0.25, 0.3) is 0 Å². The Morgan fingerprint density at radius 1 is 1.38 bits per heavy atom. The molecular weight excluding hydrogens is 206 g/mol. The lowest BCUT2D eigenvalue weighted by Crippen LogP contribution is -2.42. The van der Waals surface area contributed by atoms with Crippen molar-refractivity contribution in [1.29, 1.82) is 0 Å². The molecule has 0 aliphatic heterocycles. The number of carbonyl (C=O) groups is 1. The van der Waals surface area contributed by atoms with Crippen LogP contribution in [-0.2, 0) is 9.53 Å². The molecule has 0 aromatic rings. The predicted molar refractivity (Wildman–Crippen MR) is 64.7 cm³/mol. The molecule has 0 rings (SSSR count). The molecule has 4 nitrogen and oxygen atoms in total. The van der Waals surface area contributed by atoms with E-state index < -0.39 is 5.97 Å². The van der Waals surface area contributed by atoms with Crippen molar-refractivity contribution in [3.8, 4) is 0 Å². The van der Waals surface area contributed by atoms with Crippen LogP contribution in [0.1, 0.15) is 40.5 Å². The Kier molecular flexibility index (Phi) is 8.21. The zero-order valence-corrected chi connectivity index (χ0v) is 10.9. The van der Waals surface area contributed by atoms with E-state index in [-0.39, 0.29) is 6.42 Å². The summed E-state index contributed by atoms with van der Waals surface area (Å²) in [6.45, 7) is 10.6.